The van der Waals surface area contributed by atoms with Gasteiger partial charge < -0.3 is 14.8 Å². The van der Waals surface area contributed by atoms with Crippen LogP contribution >= 0.6 is 0 Å². The Bertz CT molecular complexity index is 1190. The molecule has 0 atom stereocenters. The van der Waals surface area contributed by atoms with Crippen molar-refractivity contribution in [3.05, 3.63) is 47.8 Å². The Morgan fingerprint density at radius 1 is 1.07 bits per heavy atom. The van der Waals surface area contributed by atoms with E-state index < -0.39 is 15.9 Å². The van der Waals surface area contributed by atoms with E-state index in [-0.39, 0.29) is 16.2 Å². The van der Waals surface area contributed by atoms with E-state index in [0.717, 1.165) is 0 Å². The van der Waals surface area contributed by atoms with Crippen molar-refractivity contribution in [2.75, 3.05) is 26.6 Å². The number of carbonyl (C=O) groups excluding carboxylic acids is 1. The summed E-state index contributed by atoms with van der Waals surface area (Å²) in [5, 5.41) is 14.1. The van der Waals surface area contributed by atoms with Gasteiger partial charge in [-0.25, -0.2) is 13.1 Å². The Hall–Kier alpha value is -3.51. The van der Waals surface area contributed by atoms with E-state index in [2.05, 4.69) is 25.6 Å². The van der Waals surface area contributed by atoms with Crippen LogP contribution in [0.25, 0.3) is 5.69 Å². The number of sulfonamides is 1. The summed E-state index contributed by atoms with van der Waals surface area (Å²) in [4.78, 5) is 12.6. The summed E-state index contributed by atoms with van der Waals surface area (Å²) in [7, 11) is 0.325. The molecule has 30 heavy (non-hydrogen) atoms. The van der Waals surface area contributed by atoms with E-state index >= 15 is 0 Å². The second-order valence-corrected chi connectivity index (χ2v) is 7.91. The van der Waals surface area contributed by atoms with Crippen LogP contribution in [0.5, 0.6) is 11.5 Å². The number of hydrogen-bond acceptors (Lipinski definition) is 8. The Kier molecular flexibility index (Phi) is 5.99. The van der Waals surface area contributed by atoms with Gasteiger partial charge in [0.2, 0.25) is 10.0 Å². The predicted octanol–water partition coefficient (Wildman–Crippen LogP) is 1.15. The first-order valence-electron chi connectivity index (χ1n) is 8.67. The first-order chi connectivity index (χ1) is 14.3. The number of hydrogen-bond donors (Lipinski definition) is 2. The molecule has 0 bridgehead atoms. The zero-order valence-corrected chi connectivity index (χ0v) is 17.5. The zero-order valence-electron chi connectivity index (χ0n) is 16.7. The Labute approximate surface area is 173 Å². The maximum Gasteiger partial charge on any atom is 0.255 e. The van der Waals surface area contributed by atoms with Crippen molar-refractivity contribution in [1.29, 1.82) is 0 Å². The average molecular weight is 432 g/mol. The fourth-order valence-electron chi connectivity index (χ4n) is 2.73. The van der Waals surface area contributed by atoms with Crippen LogP contribution in [0, 0.1) is 6.92 Å². The average Bonchev–Trinajstić information content (AvgIpc) is 3.18. The minimum atomic E-state index is -3.82. The maximum atomic E-state index is 12.8. The molecule has 2 N–H and O–H groups in total. The lowest BCUT2D eigenvalue weighted by Gasteiger charge is -2.13. The Morgan fingerprint density at radius 2 is 1.77 bits per heavy atom. The summed E-state index contributed by atoms with van der Waals surface area (Å²) in [5.74, 6) is 0.667. The van der Waals surface area contributed by atoms with Crippen LogP contribution in [-0.4, -0.2) is 55.8 Å². The summed E-state index contributed by atoms with van der Waals surface area (Å²) in [5.41, 5.74) is 1.12. The molecule has 0 unspecified atom stereocenters. The fraction of sp³-hybridized carbons (Fsp3) is 0.222. The SMILES string of the molecule is CNS(=O)(=O)c1cc(C(=O)Nc2ccc(OC)c(-n3nnnc3C)c2)ccc1OC. The van der Waals surface area contributed by atoms with Crippen LogP contribution < -0.4 is 19.5 Å². The van der Waals surface area contributed by atoms with Crippen LogP contribution in [0.3, 0.4) is 0 Å². The maximum absolute atomic E-state index is 12.8. The number of anilines is 1. The van der Waals surface area contributed by atoms with Crippen LogP contribution in [0.4, 0.5) is 5.69 Å². The molecule has 12 heteroatoms. The first kappa shape index (κ1) is 21.2. The van der Waals surface area contributed by atoms with Gasteiger partial charge in [-0.3, -0.25) is 4.79 Å². The molecule has 0 spiro atoms. The van der Waals surface area contributed by atoms with Crippen LogP contribution in [0.2, 0.25) is 0 Å². The molecule has 0 aliphatic heterocycles. The lowest BCUT2D eigenvalue weighted by Crippen LogP contribution is -2.20. The van der Waals surface area contributed by atoms with Crippen LogP contribution in [0.1, 0.15) is 16.2 Å². The molecule has 2 aromatic carbocycles. The summed E-state index contributed by atoms with van der Waals surface area (Å²) in [6.07, 6.45) is 0. The molecular weight excluding hydrogens is 412 g/mol. The molecule has 1 amide bonds. The molecule has 1 aromatic heterocycles. The molecule has 0 saturated heterocycles. The Balaban J connectivity index is 1.95. The number of aromatic nitrogens is 4. The number of aryl methyl sites for hydroxylation is 1. The van der Waals surface area contributed by atoms with Crippen LogP contribution in [-0.2, 0) is 10.0 Å². The number of tetrazole rings is 1. The van der Waals surface area contributed by atoms with E-state index in [1.54, 1.807) is 25.1 Å². The highest BCUT2D eigenvalue weighted by Crippen LogP contribution is 2.28. The lowest BCUT2D eigenvalue weighted by molar-refractivity contribution is 0.102. The monoisotopic (exact) mass is 432 g/mol. The number of ether oxygens (including phenoxy) is 2. The van der Waals surface area contributed by atoms with Gasteiger partial charge in [-0.2, -0.15) is 4.68 Å². The van der Waals surface area contributed by atoms with E-state index in [1.807, 2.05) is 0 Å². The third kappa shape index (κ3) is 4.09. The zero-order chi connectivity index (χ0) is 21.9. The first-order valence-corrected chi connectivity index (χ1v) is 10.2. The van der Waals surface area contributed by atoms with E-state index in [0.29, 0.717) is 22.9 Å². The molecule has 3 rings (SSSR count). The molecule has 0 radical (unpaired) electrons. The second kappa shape index (κ2) is 8.47. The highest BCUT2D eigenvalue weighted by Gasteiger charge is 2.20. The molecule has 0 saturated carbocycles. The van der Waals surface area contributed by atoms with Crippen molar-refractivity contribution in [3.63, 3.8) is 0 Å². The van der Waals surface area contributed by atoms with Crippen molar-refractivity contribution >= 4 is 21.6 Å². The lowest BCUT2D eigenvalue weighted by atomic mass is 10.2. The number of amides is 1. The largest absolute Gasteiger partial charge is 0.495 e. The number of nitrogens with one attached hydrogen (secondary N) is 2. The van der Waals surface area contributed by atoms with Gasteiger partial charge in [0.1, 0.15) is 22.1 Å². The minimum Gasteiger partial charge on any atom is -0.495 e. The van der Waals surface area contributed by atoms with Gasteiger partial charge in [-0.05, 0) is 60.8 Å². The predicted molar refractivity (Wildman–Crippen MR) is 108 cm³/mol. The van der Waals surface area contributed by atoms with Gasteiger partial charge >= 0.3 is 0 Å². The normalized spacial score (nSPS) is 11.2. The van der Waals surface area contributed by atoms with Crippen molar-refractivity contribution in [1.82, 2.24) is 24.9 Å². The summed E-state index contributed by atoms with van der Waals surface area (Å²) < 4.78 is 38.6. The van der Waals surface area contributed by atoms with E-state index in [4.69, 9.17) is 9.47 Å². The molecule has 11 nitrogen and oxygen atoms in total. The minimum absolute atomic E-state index is 0.127. The van der Waals surface area contributed by atoms with Gasteiger partial charge in [0.25, 0.3) is 5.91 Å². The Morgan fingerprint density at radius 3 is 2.37 bits per heavy atom. The van der Waals surface area contributed by atoms with Crippen LogP contribution in [0.15, 0.2) is 41.3 Å². The molecule has 3 aromatic rings. The fourth-order valence-corrected chi connectivity index (χ4v) is 3.65. The number of nitrogens with zero attached hydrogens (tertiary/aromatic N) is 4. The third-order valence-corrected chi connectivity index (χ3v) is 5.71. The van der Waals surface area contributed by atoms with Gasteiger partial charge in [-0.1, -0.05) is 0 Å². The third-order valence-electron chi connectivity index (χ3n) is 4.27. The van der Waals surface area contributed by atoms with Crippen molar-refractivity contribution < 1.29 is 22.7 Å². The smallest absolute Gasteiger partial charge is 0.255 e. The summed E-state index contributed by atoms with van der Waals surface area (Å²) >= 11 is 0. The summed E-state index contributed by atoms with van der Waals surface area (Å²) in [6, 6.07) is 9.10. The van der Waals surface area contributed by atoms with Gasteiger partial charge in [0.15, 0.2) is 5.82 Å². The molecule has 0 aliphatic carbocycles. The molecule has 1 heterocycles. The second-order valence-electron chi connectivity index (χ2n) is 6.05. The van der Waals surface area contributed by atoms with Gasteiger partial charge in [0.05, 0.1) is 14.2 Å². The number of carbonyl (C=O) groups is 1. The van der Waals surface area contributed by atoms with E-state index in [9.17, 15) is 13.2 Å². The van der Waals surface area contributed by atoms with Gasteiger partial charge in [0, 0.05) is 11.3 Å². The number of benzene rings is 2. The number of methoxy groups -OCH3 is 2. The molecule has 0 aliphatic rings. The highest BCUT2D eigenvalue weighted by atomic mass is 32.2. The summed E-state index contributed by atoms with van der Waals surface area (Å²) in [6.45, 7) is 1.73. The molecular formula is C18H20N6O5S. The topological polar surface area (TPSA) is 137 Å². The highest BCUT2D eigenvalue weighted by molar-refractivity contribution is 7.89. The molecule has 0 fully saturated rings. The van der Waals surface area contributed by atoms with Crippen molar-refractivity contribution in [2.45, 2.75) is 11.8 Å². The number of rotatable bonds is 7. The standard InChI is InChI=1S/C18H20N6O5S/c1-11-21-22-23-24(11)14-10-13(6-8-15(14)28-3)20-18(25)12-5-7-16(29-4)17(9-12)30(26,27)19-2/h5-10,19H,1-4H3,(H,20,25). The van der Waals surface area contributed by atoms with Crippen molar-refractivity contribution in [3.8, 4) is 17.2 Å². The van der Waals surface area contributed by atoms with Gasteiger partial charge in [-0.15, -0.1) is 5.10 Å². The van der Waals surface area contributed by atoms with E-state index in [1.165, 1.54) is 44.1 Å². The quantitative estimate of drug-likeness (QED) is 0.567. The molecule has 158 valence electrons. The van der Waals surface area contributed by atoms with Crippen molar-refractivity contribution in [2.24, 2.45) is 0 Å².